The zero-order valence-corrected chi connectivity index (χ0v) is 13.3. The molecule has 2 amide bonds. The van der Waals surface area contributed by atoms with Crippen LogP contribution >= 0.6 is 0 Å². The van der Waals surface area contributed by atoms with Gasteiger partial charge in [0, 0.05) is 37.8 Å². The van der Waals surface area contributed by atoms with Crippen molar-refractivity contribution >= 4 is 12.0 Å². The molecule has 0 spiro atoms. The first kappa shape index (κ1) is 16.1. The van der Waals surface area contributed by atoms with E-state index in [4.69, 9.17) is 5.11 Å². The molecular formula is C15H27N3O3. The summed E-state index contributed by atoms with van der Waals surface area (Å²) in [6.45, 7) is 7.22. The third kappa shape index (κ3) is 3.67. The Kier molecular flexibility index (Phi) is 4.76. The molecule has 21 heavy (non-hydrogen) atoms. The number of amides is 2. The molecule has 6 nitrogen and oxygen atoms in total. The van der Waals surface area contributed by atoms with Crippen molar-refractivity contribution in [3.05, 3.63) is 0 Å². The molecule has 0 bridgehead atoms. The van der Waals surface area contributed by atoms with Gasteiger partial charge in [0.15, 0.2) is 0 Å². The van der Waals surface area contributed by atoms with Gasteiger partial charge in [-0.3, -0.25) is 9.69 Å². The highest BCUT2D eigenvalue weighted by atomic mass is 16.4. The monoisotopic (exact) mass is 297 g/mol. The normalized spacial score (nSPS) is 26.7. The molecule has 2 fully saturated rings. The summed E-state index contributed by atoms with van der Waals surface area (Å²) in [5, 5.41) is 9.04. The van der Waals surface area contributed by atoms with E-state index in [0.717, 1.165) is 32.4 Å². The summed E-state index contributed by atoms with van der Waals surface area (Å²) in [4.78, 5) is 29.7. The molecule has 0 radical (unpaired) electrons. The number of hydrogen-bond donors (Lipinski definition) is 1. The van der Waals surface area contributed by atoms with Crippen LogP contribution in [0.5, 0.6) is 0 Å². The molecule has 2 aliphatic heterocycles. The Morgan fingerprint density at radius 2 is 1.90 bits per heavy atom. The van der Waals surface area contributed by atoms with Crippen molar-refractivity contribution in [3.8, 4) is 0 Å². The molecule has 2 saturated heterocycles. The van der Waals surface area contributed by atoms with Gasteiger partial charge in [0.2, 0.25) is 0 Å². The van der Waals surface area contributed by atoms with Crippen LogP contribution in [0.4, 0.5) is 4.79 Å². The number of urea groups is 1. The van der Waals surface area contributed by atoms with E-state index in [0.29, 0.717) is 13.1 Å². The molecule has 6 heteroatoms. The Bertz CT molecular complexity index is 411. The van der Waals surface area contributed by atoms with Crippen LogP contribution in [0.1, 0.15) is 39.5 Å². The number of carboxylic acids is 1. The molecule has 1 N–H and O–H groups in total. The summed E-state index contributed by atoms with van der Waals surface area (Å²) < 4.78 is 0. The predicted molar refractivity (Wildman–Crippen MR) is 80.3 cm³/mol. The van der Waals surface area contributed by atoms with Crippen molar-refractivity contribution in [1.29, 1.82) is 0 Å². The summed E-state index contributed by atoms with van der Waals surface area (Å²) in [6.07, 6.45) is 2.84. The quantitative estimate of drug-likeness (QED) is 0.838. The fourth-order valence-corrected chi connectivity index (χ4v) is 3.25. The van der Waals surface area contributed by atoms with Gasteiger partial charge in [-0.1, -0.05) is 0 Å². The maximum absolute atomic E-state index is 12.8. The second-order valence-electron chi connectivity index (χ2n) is 6.88. The van der Waals surface area contributed by atoms with E-state index < -0.39 is 5.97 Å². The lowest BCUT2D eigenvalue weighted by atomic mass is 9.98. The Hall–Kier alpha value is -1.30. The van der Waals surface area contributed by atoms with E-state index in [1.165, 1.54) is 0 Å². The van der Waals surface area contributed by atoms with Crippen molar-refractivity contribution < 1.29 is 14.7 Å². The average Bonchev–Trinajstić information content (AvgIpc) is 2.41. The number of likely N-dealkylation sites (N-methyl/N-ethyl adjacent to an activating group) is 1. The molecule has 2 aliphatic rings. The first-order valence-corrected chi connectivity index (χ1v) is 7.80. The minimum Gasteiger partial charge on any atom is -0.481 e. The van der Waals surface area contributed by atoms with Gasteiger partial charge in [0.1, 0.15) is 0 Å². The third-order valence-corrected chi connectivity index (χ3v) is 4.87. The van der Waals surface area contributed by atoms with Gasteiger partial charge < -0.3 is 14.9 Å². The second-order valence-corrected chi connectivity index (χ2v) is 6.88. The Labute approximate surface area is 126 Å². The number of hydrogen-bond acceptors (Lipinski definition) is 3. The van der Waals surface area contributed by atoms with E-state index in [2.05, 4.69) is 25.8 Å². The fraction of sp³-hybridized carbons (Fsp3) is 0.867. The molecule has 1 atom stereocenters. The van der Waals surface area contributed by atoms with E-state index in [1.807, 2.05) is 4.90 Å². The van der Waals surface area contributed by atoms with Crippen LogP contribution in [0, 0.1) is 0 Å². The number of likely N-dealkylation sites (tertiary alicyclic amines) is 1. The number of nitrogens with zero attached hydrogens (tertiary/aromatic N) is 3. The van der Waals surface area contributed by atoms with E-state index >= 15 is 0 Å². The topological polar surface area (TPSA) is 64.1 Å². The first-order chi connectivity index (χ1) is 9.81. The molecule has 0 aromatic carbocycles. The van der Waals surface area contributed by atoms with Crippen molar-refractivity contribution in [1.82, 2.24) is 14.7 Å². The lowest BCUT2D eigenvalue weighted by Gasteiger charge is -2.47. The zero-order chi connectivity index (χ0) is 15.6. The Morgan fingerprint density at radius 3 is 2.52 bits per heavy atom. The van der Waals surface area contributed by atoms with E-state index in [-0.39, 0.29) is 24.0 Å². The minimum atomic E-state index is -0.821. The predicted octanol–water partition coefficient (Wildman–Crippen LogP) is 1.46. The zero-order valence-electron chi connectivity index (χ0n) is 13.3. The Morgan fingerprint density at radius 1 is 1.19 bits per heavy atom. The van der Waals surface area contributed by atoms with Gasteiger partial charge in [-0.05, 0) is 40.2 Å². The molecule has 120 valence electrons. The second kappa shape index (κ2) is 6.22. The van der Waals surface area contributed by atoms with Crippen molar-refractivity contribution in [2.75, 3.05) is 33.2 Å². The minimum absolute atomic E-state index is 0.0159. The standard InChI is InChI=1S/C15H27N3O3/c1-15(2)11-17(9-8-16(15)3)14(21)18-7-5-4-6-12(18)10-13(19)20/h12H,4-11H2,1-3H3,(H,19,20). The number of aliphatic carboxylic acids is 1. The van der Waals surface area contributed by atoms with E-state index in [9.17, 15) is 9.59 Å². The summed E-state index contributed by atoms with van der Waals surface area (Å²) >= 11 is 0. The summed E-state index contributed by atoms with van der Waals surface area (Å²) in [7, 11) is 2.08. The molecule has 0 aromatic heterocycles. The summed E-state index contributed by atoms with van der Waals surface area (Å²) in [5.74, 6) is -0.821. The molecule has 2 rings (SSSR count). The van der Waals surface area contributed by atoms with Crippen LogP contribution in [0.25, 0.3) is 0 Å². The summed E-state index contributed by atoms with van der Waals surface area (Å²) in [6, 6.07) is -0.131. The van der Waals surface area contributed by atoms with Crippen molar-refractivity contribution in [3.63, 3.8) is 0 Å². The molecule has 2 heterocycles. The number of piperazine rings is 1. The highest BCUT2D eigenvalue weighted by Crippen LogP contribution is 2.24. The maximum Gasteiger partial charge on any atom is 0.320 e. The van der Waals surface area contributed by atoms with Crippen molar-refractivity contribution in [2.24, 2.45) is 0 Å². The van der Waals surface area contributed by atoms with Crippen LogP contribution in [-0.2, 0) is 4.79 Å². The molecular weight excluding hydrogens is 270 g/mol. The highest BCUT2D eigenvalue weighted by molar-refractivity contribution is 5.76. The lowest BCUT2D eigenvalue weighted by molar-refractivity contribution is -0.138. The van der Waals surface area contributed by atoms with Gasteiger partial charge in [-0.2, -0.15) is 0 Å². The smallest absolute Gasteiger partial charge is 0.320 e. The molecule has 0 aromatic rings. The van der Waals surface area contributed by atoms with Crippen LogP contribution in [0.15, 0.2) is 0 Å². The molecule has 0 saturated carbocycles. The fourth-order valence-electron chi connectivity index (χ4n) is 3.25. The third-order valence-electron chi connectivity index (χ3n) is 4.87. The number of carbonyl (C=O) groups excluding carboxylic acids is 1. The van der Waals surface area contributed by atoms with Gasteiger partial charge >= 0.3 is 12.0 Å². The van der Waals surface area contributed by atoms with Gasteiger partial charge in [0.25, 0.3) is 0 Å². The first-order valence-electron chi connectivity index (χ1n) is 7.80. The van der Waals surface area contributed by atoms with Gasteiger partial charge in [-0.15, -0.1) is 0 Å². The number of rotatable bonds is 2. The van der Waals surface area contributed by atoms with Crippen LogP contribution in [-0.4, -0.2) is 76.6 Å². The van der Waals surface area contributed by atoms with Crippen molar-refractivity contribution in [2.45, 2.75) is 51.1 Å². The van der Waals surface area contributed by atoms with E-state index in [1.54, 1.807) is 4.90 Å². The van der Waals surface area contributed by atoms with Crippen LogP contribution < -0.4 is 0 Å². The lowest BCUT2D eigenvalue weighted by Crippen LogP contribution is -2.62. The highest BCUT2D eigenvalue weighted by Gasteiger charge is 2.37. The number of carbonyl (C=O) groups is 2. The maximum atomic E-state index is 12.8. The number of carboxylic acid groups (broad SMARTS) is 1. The van der Waals surface area contributed by atoms with Gasteiger partial charge in [-0.25, -0.2) is 4.79 Å². The molecule has 0 aliphatic carbocycles. The van der Waals surface area contributed by atoms with Crippen LogP contribution in [0.2, 0.25) is 0 Å². The van der Waals surface area contributed by atoms with Crippen LogP contribution in [0.3, 0.4) is 0 Å². The SMILES string of the molecule is CN1CCN(C(=O)N2CCCCC2CC(=O)O)CC1(C)C. The average molecular weight is 297 g/mol. The summed E-state index contributed by atoms with van der Waals surface area (Å²) in [5.41, 5.74) is -0.0357. The van der Waals surface area contributed by atoms with Gasteiger partial charge in [0.05, 0.1) is 6.42 Å². The molecule has 1 unspecified atom stereocenters. The Balaban J connectivity index is 2.05. The number of piperidine rings is 1. The largest absolute Gasteiger partial charge is 0.481 e.